The van der Waals surface area contributed by atoms with Gasteiger partial charge in [0.15, 0.2) is 5.75 Å². The number of halogens is 2. The van der Waals surface area contributed by atoms with Gasteiger partial charge in [0, 0.05) is 36.0 Å². The van der Waals surface area contributed by atoms with Gasteiger partial charge in [0.25, 0.3) is 0 Å². The van der Waals surface area contributed by atoms with Gasteiger partial charge in [0.2, 0.25) is 18.3 Å². The van der Waals surface area contributed by atoms with Gasteiger partial charge in [0.05, 0.1) is 16.0 Å². The lowest BCUT2D eigenvalue weighted by atomic mass is 9.97. The third kappa shape index (κ3) is 7.51. The minimum absolute atomic E-state index is 0.0663. The Hall–Kier alpha value is -3.00. The Kier molecular flexibility index (Phi) is 9.14. The third-order valence-corrected chi connectivity index (χ3v) is 6.85. The molecule has 0 radical (unpaired) electrons. The number of ether oxygens (including phenoxy) is 2. The Morgan fingerprint density at radius 2 is 1.68 bits per heavy atom. The summed E-state index contributed by atoms with van der Waals surface area (Å²) in [6, 6.07) is 15.2. The molecule has 1 aromatic heterocycles. The molecule has 1 amide bonds. The van der Waals surface area contributed by atoms with Crippen LogP contribution in [0.3, 0.4) is 0 Å². The summed E-state index contributed by atoms with van der Waals surface area (Å²) in [6.45, 7) is 3.32. The molecule has 1 unspecified atom stereocenters. The molecule has 4 rings (SSSR count). The van der Waals surface area contributed by atoms with Gasteiger partial charge in [-0.2, -0.15) is 0 Å². The maximum absolute atomic E-state index is 13.4. The Labute approximate surface area is 227 Å². The molecule has 0 aliphatic heterocycles. The average molecular weight is 545 g/mol. The van der Waals surface area contributed by atoms with E-state index in [1.807, 2.05) is 48.2 Å². The summed E-state index contributed by atoms with van der Waals surface area (Å²) in [6.07, 6.45) is 5.70. The topological polar surface area (TPSA) is 88.9 Å². The van der Waals surface area contributed by atoms with Gasteiger partial charge in [-0.25, -0.2) is 0 Å². The van der Waals surface area contributed by atoms with Crippen molar-refractivity contribution in [2.75, 3.05) is 19.8 Å². The molecule has 0 spiro atoms. The Balaban J connectivity index is 1.29. The first-order valence-corrected chi connectivity index (χ1v) is 13.1. The Bertz CT molecular complexity index is 1180. The average Bonchev–Trinajstić information content (AvgIpc) is 3.72. The lowest BCUT2D eigenvalue weighted by Gasteiger charge is -2.27. The van der Waals surface area contributed by atoms with E-state index in [1.165, 1.54) is 0 Å². The molecule has 1 fully saturated rings. The van der Waals surface area contributed by atoms with Gasteiger partial charge >= 0.3 is 0 Å². The number of carbonyl (C=O) groups is 1. The van der Waals surface area contributed by atoms with E-state index in [1.54, 1.807) is 24.5 Å². The molecular weight excluding hydrogens is 513 g/mol. The van der Waals surface area contributed by atoms with E-state index in [0.717, 1.165) is 34.3 Å². The quantitative estimate of drug-likeness (QED) is 0.198. The van der Waals surface area contributed by atoms with Crippen molar-refractivity contribution in [3.8, 4) is 11.5 Å². The summed E-state index contributed by atoms with van der Waals surface area (Å²) in [5.74, 6) is 0.914. The summed E-state index contributed by atoms with van der Waals surface area (Å²) < 4.78 is 12.5. The molecule has 1 aliphatic carbocycles. The molecular formula is C28H32Cl2N3O4+. The highest BCUT2D eigenvalue weighted by atomic mass is 35.5. The molecule has 3 N–H and O–H groups in total. The maximum atomic E-state index is 13.4. The standard InChI is InChI=1S/C28H32Cl2N3O4/c1-19-14-25(29)27(26(30)15-19)37-13-12-36-24-6-2-20(3-7-24)16-22(17-31)28(34)33(23-4-5-23)18-21-8-10-32(35)11-9-21/h2-3,6-11,14-15,22-23,35H,4-5,12-13,16-18,31H2,1H3/q+1. The van der Waals surface area contributed by atoms with Crippen LogP contribution in [0.5, 0.6) is 11.5 Å². The fraction of sp³-hybridized carbons (Fsp3) is 0.357. The van der Waals surface area contributed by atoms with E-state index in [0.29, 0.717) is 47.7 Å². The molecule has 3 aromatic rings. The van der Waals surface area contributed by atoms with E-state index in [-0.39, 0.29) is 24.4 Å². The van der Waals surface area contributed by atoms with E-state index in [9.17, 15) is 10.0 Å². The summed E-state index contributed by atoms with van der Waals surface area (Å²) in [4.78, 5) is 15.3. The number of amides is 1. The number of hydrogen-bond acceptors (Lipinski definition) is 5. The molecule has 1 saturated carbocycles. The fourth-order valence-corrected chi connectivity index (χ4v) is 4.87. The first-order valence-electron chi connectivity index (χ1n) is 12.3. The molecule has 0 bridgehead atoms. The third-order valence-electron chi connectivity index (χ3n) is 6.29. The molecule has 1 aliphatic rings. The predicted octanol–water partition coefficient (Wildman–Crippen LogP) is 4.59. The molecule has 7 nitrogen and oxygen atoms in total. The lowest BCUT2D eigenvalue weighted by molar-refractivity contribution is -0.904. The van der Waals surface area contributed by atoms with E-state index in [4.69, 9.17) is 38.4 Å². The van der Waals surface area contributed by atoms with Crippen molar-refractivity contribution in [1.82, 2.24) is 4.90 Å². The largest absolute Gasteiger partial charge is 0.490 e. The number of aromatic nitrogens is 1. The van der Waals surface area contributed by atoms with E-state index < -0.39 is 0 Å². The van der Waals surface area contributed by atoms with Crippen molar-refractivity contribution in [3.05, 3.63) is 87.7 Å². The molecule has 2 aromatic carbocycles. The zero-order valence-electron chi connectivity index (χ0n) is 20.8. The van der Waals surface area contributed by atoms with Crippen LogP contribution in [0.1, 0.15) is 29.5 Å². The Morgan fingerprint density at radius 1 is 1.05 bits per heavy atom. The van der Waals surface area contributed by atoms with E-state index in [2.05, 4.69) is 0 Å². The van der Waals surface area contributed by atoms with Crippen LogP contribution >= 0.6 is 23.2 Å². The number of benzene rings is 2. The van der Waals surface area contributed by atoms with Crippen LogP contribution in [-0.4, -0.2) is 41.8 Å². The fourth-order valence-electron chi connectivity index (χ4n) is 4.16. The number of nitrogens with zero attached hydrogens (tertiary/aromatic N) is 2. The van der Waals surface area contributed by atoms with Gasteiger partial charge in [-0.15, -0.1) is 0 Å². The second-order valence-corrected chi connectivity index (χ2v) is 10.1. The highest BCUT2D eigenvalue weighted by molar-refractivity contribution is 6.37. The number of carbonyl (C=O) groups excluding carboxylic acids is 1. The summed E-state index contributed by atoms with van der Waals surface area (Å²) in [7, 11) is 0. The van der Waals surface area contributed by atoms with Crippen LogP contribution in [0.15, 0.2) is 60.9 Å². The molecule has 1 atom stereocenters. The smallest absolute Gasteiger partial charge is 0.227 e. The van der Waals surface area contributed by atoms with Crippen molar-refractivity contribution in [2.45, 2.75) is 38.8 Å². The van der Waals surface area contributed by atoms with Crippen LogP contribution in [-0.2, 0) is 17.8 Å². The van der Waals surface area contributed by atoms with Crippen molar-refractivity contribution < 1.29 is 24.2 Å². The van der Waals surface area contributed by atoms with Crippen LogP contribution < -0.4 is 19.9 Å². The highest BCUT2D eigenvalue weighted by Crippen LogP contribution is 2.34. The van der Waals surface area contributed by atoms with Gasteiger partial charge < -0.3 is 20.1 Å². The highest BCUT2D eigenvalue weighted by Gasteiger charge is 2.35. The SMILES string of the molecule is Cc1cc(Cl)c(OCCOc2ccc(CC(CN)C(=O)N(Cc3cc[n+](O)cc3)C3CC3)cc2)c(Cl)c1. The van der Waals surface area contributed by atoms with Crippen molar-refractivity contribution in [2.24, 2.45) is 11.7 Å². The predicted molar refractivity (Wildman–Crippen MR) is 142 cm³/mol. The van der Waals surface area contributed by atoms with E-state index >= 15 is 0 Å². The minimum Gasteiger partial charge on any atom is -0.490 e. The summed E-state index contributed by atoms with van der Waals surface area (Å²) >= 11 is 12.4. The van der Waals surface area contributed by atoms with Crippen LogP contribution in [0.2, 0.25) is 10.0 Å². The van der Waals surface area contributed by atoms with Gasteiger partial charge in [0.1, 0.15) is 19.0 Å². The minimum atomic E-state index is -0.309. The molecule has 9 heteroatoms. The number of pyridine rings is 1. The molecule has 196 valence electrons. The van der Waals surface area contributed by atoms with Crippen molar-refractivity contribution >= 4 is 29.1 Å². The van der Waals surface area contributed by atoms with Crippen LogP contribution in [0.4, 0.5) is 0 Å². The van der Waals surface area contributed by atoms with Gasteiger partial charge in [-0.05, 0) is 67.1 Å². The zero-order chi connectivity index (χ0) is 26.4. The second-order valence-electron chi connectivity index (χ2n) is 9.32. The molecule has 0 saturated heterocycles. The lowest BCUT2D eigenvalue weighted by Crippen LogP contribution is -2.41. The maximum Gasteiger partial charge on any atom is 0.227 e. The first kappa shape index (κ1) is 27.0. The second kappa shape index (κ2) is 12.5. The zero-order valence-corrected chi connectivity index (χ0v) is 22.3. The number of rotatable bonds is 12. The summed E-state index contributed by atoms with van der Waals surface area (Å²) in [5, 5.41) is 10.4. The number of hydrogen-bond donors (Lipinski definition) is 2. The Morgan fingerprint density at radius 3 is 2.27 bits per heavy atom. The van der Waals surface area contributed by atoms with Crippen LogP contribution in [0, 0.1) is 12.8 Å². The number of aryl methyl sites for hydroxylation is 1. The molecule has 1 heterocycles. The van der Waals surface area contributed by atoms with Crippen LogP contribution in [0.25, 0.3) is 0 Å². The normalized spacial score (nSPS) is 13.7. The van der Waals surface area contributed by atoms with Crippen molar-refractivity contribution in [1.29, 1.82) is 0 Å². The summed E-state index contributed by atoms with van der Waals surface area (Å²) in [5.41, 5.74) is 8.99. The molecule has 37 heavy (non-hydrogen) atoms. The monoisotopic (exact) mass is 544 g/mol. The van der Waals surface area contributed by atoms with Gasteiger partial charge in [-0.1, -0.05) is 35.3 Å². The van der Waals surface area contributed by atoms with Gasteiger partial charge in [-0.3, -0.25) is 10.0 Å². The van der Waals surface area contributed by atoms with Crippen molar-refractivity contribution in [3.63, 3.8) is 0 Å². The first-order chi connectivity index (χ1) is 17.8. The number of nitrogens with two attached hydrogens (primary N) is 1.